The standard InChI is InChI=1S/C21H27N3O3/c1-16(2)19(23-21(26)27-15-17-9-5-4-6-10-17)20(25)24(3)14-12-18-11-7-8-13-22-18/h4-11,13,16,19H,12,14-15H2,1-3H3,(H,23,26)/t19-/m0/s1. The fraction of sp³-hybridized carbons (Fsp3) is 0.381. The molecular formula is C21H27N3O3. The van der Waals surface area contributed by atoms with Gasteiger partial charge in [-0.1, -0.05) is 50.2 Å². The number of hydrogen-bond donors (Lipinski definition) is 1. The van der Waals surface area contributed by atoms with Crippen LogP contribution >= 0.6 is 0 Å². The molecule has 0 unspecified atom stereocenters. The third-order valence-corrected chi connectivity index (χ3v) is 4.22. The van der Waals surface area contributed by atoms with E-state index in [9.17, 15) is 9.59 Å². The fourth-order valence-corrected chi connectivity index (χ4v) is 2.58. The van der Waals surface area contributed by atoms with Gasteiger partial charge in [-0.25, -0.2) is 4.79 Å². The van der Waals surface area contributed by atoms with E-state index < -0.39 is 12.1 Å². The van der Waals surface area contributed by atoms with Crippen molar-refractivity contribution in [2.75, 3.05) is 13.6 Å². The number of nitrogens with zero attached hydrogens (tertiary/aromatic N) is 2. The smallest absolute Gasteiger partial charge is 0.408 e. The van der Waals surface area contributed by atoms with E-state index in [0.717, 1.165) is 11.3 Å². The van der Waals surface area contributed by atoms with Gasteiger partial charge in [0, 0.05) is 31.9 Å². The number of ether oxygens (including phenoxy) is 1. The topological polar surface area (TPSA) is 71.5 Å². The van der Waals surface area contributed by atoms with E-state index in [2.05, 4.69) is 10.3 Å². The summed E-state index contributed by atoms with van der Waals surface area (Å²) in [7, 11) is 1.73. The molecule has 0 aliphatic heterocycles. The third kappa shape index (κ3) is 6.73. The Labute approximate surface area is 160 Å². The van der Waals surface area contributed by atoms with Gasteiger partial charge in [-0.2, -0.15) is 0 Å². The number of carbonyl (C=O) groups is 2. The molecule has 1 aromatic heterocycles. The molecule has 0 saturated carbocycles. The number of likely N-dealkylation sites (N-methyl/N-ethyl adjacent to an activating group) is 1. The molecule has 2 rings (SSSR count). The lowest BCUT2D eigenvalue weighted by molar-refractivity contribution is -0.133. The minimum atomic E-state index is -0.637. The summed E-state index contributed by atoms with van der Waals surface area (Å²) in [6.07, 6.45) is 1.80. The van der Waals surface area contributed by atoms with Crippen molar-refractivity contribution in [3.05, 3.63) is 66.0 Å². The number of carbonyl (C=O) groups excluding carboxylic acids is 2. The second-order valence-corrected chi connectivity index (χ2v) is 6.76. The predicted molar refractivity (Wildman–Crippen MR) is 104 cm³/mol. The summed E-state index contributed by atoms with van der Waals surface area (Å²) in [5.41, 5.74) is 1.82. The van der Waals surface area contributed by atoms with Crippen LogP contribution in [0.4, 0.5) is 4.79 Å². The molecular weight excluding hydrogens is 342 g/mol. The van der Waals surface area contributed by atoms with Crippen LogP contribution < -0.4 is 5.32 Å². The highest BCUT2D eigenvalue weighted by Gasteiger charge is 2.27. The minimum Gasteiger partial charge on any atom is -0.445 e. The van der Waals surface area contributed by atoms with Crippen LogP contribution in [0, 0.1) is 5.92 Å². The van der Waals surface area contributed by atoms with E-state index in [1.165, 1.54) is 0 Å². The van der Waals surface area contributed by atoms with Gasteiger partial charge in [-0.05, 0) is 23.6 Å². The number of hydrogen-bond acceptors (Lipinski definition) is 4. The Kier molecular flexibility index (Phi) is 7.79. The second-order valence-electron chi connectivity index (χ2n) is 6.76. The van der Waals surface area contributed by atoms with Crippen LogP contribution in [-0.4, -0.2) is 41.5 Å². The first-order chi connectivity index (χ1) is 13.0. The van der Waals surface area contributed by atoms with Crippen molar-refractivity contribution in [1.29, 1.82) is 0 Å². The van der Waals surface area contributed by atoms with Crippen LogP contribution in [0.15, 0.2) is 54.7 Å². The van der Waals surface area contributed by atoms with Crippen molar-refractivity contribution in [3.8, 4) is 0 Å². The van der Waals surface area contributed by atoms with Gasteiger partial charge in [-0.15, -0.1) is 0 Å². The zero-order chi connectivity index (χ0) is 19.6. The number of pyridine rings is 1. The summed E-state index contributed by atoms with van der Waals surface area (Å²) < 4.78 is 5.24. The molecule has 6 nitrogen and oxygen atoms in total. The van der Waals surface area contributed by atoms with Gasteiger partial charge < -0.3 is 15.0 Å². The Morgan fingerprint density at radius 2 is 1.81 bits per heavy atom. The highest BCUT2D eigenvalue weighted by atomic mass is 16.5. The van der Waals surface area contributed by atoms with Crippen LogP contribution in [0.1, 0.15) is 25.1 Å². The van der Waals surface area contributed by atoms with Crippen LogP contribution in [0.5, 0.6) is 0 Å². The molecule has 0 radical (unpaired) electrons. The van der Waals surface area contributed by atoms with Crippen molar-refractivity contribution in [2.45, 2.75) is 32.9 Å². The summed E-state index contributed by atoms with van der Waals surface area (Å²) in [6.45, 7) is 4.49. The van der Waals surface area contributed by atoms with Crippen LogP contribution in [0.3, 0.4) is 0 Å². The SMILES string of the molecule is CC(C)[C@H](NC(=O)OCc1ccccc1)C(=O)N(C)CCc1ccccn1. The molecule has 0 spiro atoms. The number of benzene rings is 1. The molecule has 0 aliphatic rings. The molecule has 27 heavy (non-hydrogen) atoms. The number of aromatic nitrogens is 1. The Hall–Kier alpha value is -2.89. The first kappa shape index (κ1) is 20.4. The first-order valence-electron chi connectivity index (χ1n) is 9.09. The Bertz CT molecular complexity index is 720. The zero-order valence-corrected chi connectivity index (χ0v) is 16.1. The van der Waals surface area contributed by atoms with E-state index >= 15 is 0 Å². The Morgan fingerprint density at radius 3 is 2.44 bits per heavy atom. The van der Waals surface area contributed by atoms with Crippen LogP contribution in [0.25, 0.3) is 0 Å². The van der Waals surface area contributed by atoms with Crippen molar-refractivity contribution in [1.82, 2.24) is 15.2 Å². The maximum atomic E-state index is 12.8. The van der Waals surface area contributed by atoms with Crippen molar-refractivity contribution >= 4 is 12.0 Å². The van der Waals surface area contributed by atoms with Crippen molar-refractivity contribution in [3.63, 3.8) is 0 Å². The largest absolute Gasteiger partial charge is 0.445 e. The normalized spacial score (nSPS) is 11.7. The van der Waals surface area contributed by atoms with Gasteiger partial charge in [0.2, 0.25) is 5.91 Å². The maximum Gasteiger partial charge on any atom is 0.408 e. The van der Waals surface area contributed by atoms with E-state index in [-0.39, 0.29) is 18.4 Å². The van der Waals surface area contributed by atoms with E-state index in [0.29, 0.717) is 13.0 Å². The predicted octanol–water partition coefficient (Wildman–Crippen LogP) is 3.03. The van der Waals surface area contributed by atoms with Gasteiger partial charge >= 0.3 is 6.09 Å². The molecule has 2 amide bonds. The summed E-state index contributed by atoms with van der Waals surface area (Å²) in [4.78, 5) is 30.8. The fourth-order valence-electron chi connectivity index (χ4n) is 2.58. The molecule has 2 aromatic rings. The Morgan fingerprint density at radius 1 is 1.11 bits per heavy atom. The van der Waals surface area contributed by atoms with Gasteiger partial charge in [0.25, 0.3) is 0 Å². The molecule has 144 valence electrons. The monoisotopic (exact) mass is 369 g/mol. The molecule has 6 heteroatoms. The summed E-state index contributed by atoms with van der Waals surface area (Å²) in [5, 5.41) is 2.70. The van der Waals surface area contributed by atoms with E-state index in [1.54, 1.807) is 18.1 Å². The van der Waals surface area contributed by atoms with E-state index in [1.807, 2.05) is 62.4 Å². The van der Waals surface area contributed by atoms with E-state index in [4.69, 9.17) is 4.74 Å². The zero-order valence-electron chi connectivity index (χ0n) is 16.1. The van der Waals surface area contributed by atoms with Crippen molar-refractivity contribution < 1.29 is 14.3 Å². The first-order valence-corrected chi connectivity index (χ1v) is 9.09. The molecule has 0 aliphatic carbocycles. The number of amides is 2. The van der Waals surface area contributed by atoms with Gasteiger partial charge in [0.1, 0.15) is 12.6 Å². The summed E-state index contributed by atoms with van der Waals surface area (Å²) in [5.74, 6) is -0.198. The molecule has 0 saturated heterocycles. The lowest BCUT2D eigenvalue weighted by Gasteiger charge is -2.26. The Balaban J connectivity index is 1.86. The lowest BCUT2D eigenvalue weighted by Crippen LogP contribution is -2.50. The molecule has 0 fully saturated rings. The highest BCUT2D eigenvalue weighted by molar-refractivity contribution is 5.85. The number of alkyl carbamates (subject to hydrolysis) is 1. The minimum absolute atomic E-state index is 0.0564. The molecule has 1 atom stereocenters. The van der Waals surface area contributed by atoms with Crippen LogP contribution in [-0.2, 0) is 22.6 Å². The average Bonchev–Trinajstić information content (AvgIpc) is 2.69. The van der Waals surface area contributed by atoms with Gasteiger partial charge in [-0.3, -0.25) is 9.78 Å². The maximum absolute atomic E-state index is 12.8. The molecule has 1 heterocycles. The van der Waals surface area contributed by atoms with Crippen LogP contribution in [0.2, 0.25) is 0 Å². The molecule has 0 bridgehead atoms. The quantitative estimate of drug-likeness (QED) is 0.776. The lowest BCUT2D eigenvalue weighted by atomic mass is 10.0. The van der Waals surface area contributed by atoms with Gasteiger partial charge in [0.15, 0.2) is 0 Å². The average molecular weight is 369 g/mol. The molecule has 1 N–H and O–H groups in total. The van der Waals surface area contributed by atoms with Crippen molar-refractivity contribution in [2.24, 2.45) is 5.92 Å². The third-order valence-electron chi connectivity index (χ3n) is 4.22. The number of rotatable bonds is 8. The second kappa shape index (κ2) is 10.3. The highest BCUT2D eigenvalue weighted by Crippen LogP contribution is 2.08. The van der Waals surface area contributed by atoms with Gasteiger partial charge in [0.05, 0.1) is 0 Å². The summed E-state index contributed by atoms with van der Waals surface area (Å²) in [6, 6.07) is 14.5. The number of nitrogens with one attached hydrogen (secondary N) is 1. The molecule has 1 aromatic carbocycles. The summed E-state index contributed by atoms with van der Waals surface area (Å²) >= 11 is 0.